The predicted molar refractivity (Wildman–Crippen MR) is 104 cm³/mol. The topological polar surface area (TPSA) is 93.5 Å². The number of amides is 2. The summed E-state index contributed by atoms with van der Waals surface area (Å²) < 4.78 is 10.6. The van der Waals surface area contributed by atoms with E-state index in [1.807, 2.05) is 36.4 Å². The molecule has 0 radical (unpaired) electrons. The lowest BCUT2D eigenvalue weighted by atomic mass is 10.1. The van der Waals surface area contributed by atoms with E-state index in [4.69, 9.17) is 9.15 Å². The number of pyridine rings is 1. The molecule has 0 saturated heterocycles. The summed E-state index contributed by atoms with van der Waals surface area (Å²) in [7, 11) is 1.57. The third-order valence-electron chi connectivity index (χ3n) is 4.36. The summed E-state index contributed by atoms with van der Waals surface area (Å²) in [5, 5.41) is 1.75. The van der Waals surface area contributed by atoms with Crippen LogP contribution in [0, 0.1) is 0 Å². The molecule has 7 nitrogen and oxygen atoms in total. The van der Waals surface area contributed by atoms with Crippen molar-refractivity contribution in [1.82, 2.24) is 15.8 Å². The number of carbonyl (C=O) groups excluding carboxylic acids is 2. The Morgan fingerprint density at radius 3 is 2.79 bits per heavy atom. The summed E-state index contributed by atoms with van der Waals surface area (Å²) >= 11 is 0. The van der Waals surface area contributed by atoms with Gasteiger partial charge in [0.15, 0.2) is 0 Å². The number of carbonyl (C=O) groups is 2. The van der Waals surface area contributed by atoms with E-state index < -0.39 is 5.91 Å². The van der Waals surface area contributed by atoms with E-state index in [9.17, 15) is 9.59 Å². The first-order valence-corrected chi connectivity index (χ1v) is 8.63. The highest BCUT2D eigenvalue weighted by atomic mass is 16.5. The minimum absolute atomic E-state index is 0.0603. The molecule has 4 rings (SSSR count). The normalized spacial score (nSPS) is 10.8. The number of furan rings is 1. The average Bonchev–Trinajstić information content (AvgIpc) is 3.13. The zero-order valence-electron chi connectivity index (χ0n) is 15.1. The van der Waals surface area contributed by atoms with Gasteiger partial charge in [0.05, 0.1) is 25.3 Å². The predicted octanol–water partition coefficient (Wildman–Crippen LogP) is 2.99. The molecule has 2 heterocycles. The fraction of sp³-hybridized carbons (Fsp3) is 0.0952. The number of fused-ring (bicyclic) bond motifs is 2. The van der Waals surface area contributed by atoms with Gasteiger partial charge in [-0.3, -0.25) is 20.4 Å². The quantitative estimate of drug-likeness (QED) is 0.535. The molecule has 4 aromatic rings. The lowest BCUT2D eigenvalue weighted by Gasteiger charge is -2.07. The minimum Gasteiger partial charge on any atom is -0.497 e. The van der Waals surface area contributed by atoms with Gasteiger partial charge in [-0.05, 0) is 24.3 Å². The number of rotatable bonds is 4. The molecule has 0 saturated carbocycles. The van der Waals surface area contributed by atoms with Gasteiger partial charge in [0.2, 0.25) is 5.91 Å². The second-order valence-electron chi connectivity index (χ2n) is 6.19. The molecule has 0 bridgehead atoms. The van der Waals surface area contributed by atoms with Gasteiger partial charge in [0.25, 0.3) is 5.91 Å². The molecule has 0 atom stereocenters. The molecule has 140 valence electrons. The number of benzene rings is 2. The van der Waals surface area contributed by atoms with E-state index in [0.29, 0.717) is 22.4 Å². The molecular weight excluding hydrogens is 358 g/mol. The van der Waals surface area contributed by atoms with Crippen molar-refractivity contribution in [3.8, 4) is 5.75 Å². The van der Waals surface area contributed by atoms with Crippen LogP contribution in [0.15, 0.2) is 65.3 Å². The number of hydrogen-bond donors (Lipinski definition) is 2. The molecule has 2 aromatic heterocycles. The third-order valence-corrected chi connectivity index (χ3v) is 4.36. The van der Waals surface area contributed by atoms with Gasteiger partial charge in [0.1, 0.15) is 17.0 Å². The number of nitrogens with one attached hydrogen (secondary N) is 2. The first-order valence-electron chi connectivity index (χ1n) is 8.63. The van der Waals surface area contributed by atoms with Gasteiger partial charge in [-0.1, -0.05) is 24.3 Å². The maximum atomic E-state index is 12.3. The van der Waals surface area contributed by atoms with Gasteiger partial charge in [0, 0.05) is 22.4 Å². The number of para-hydroxylation sites is 1. The molecule has 0 spiro atoms. The van der Waals surface area contributed by atoms with Crippen molar-refractivity contribution >= 4 is 33.7 Å². The molecule has 28 heavy (non-hydrogen) atoms. The fourth-order valence-electron chi connectivity index (χ4n) is 2.93. The lowest BCUT2D eigenvalue weighted by molar-refractivity contribution is -0.121. The zero-order valence-corrected chi connectivity index (χ0v) is 15.1. The van der Waals surface area contributed by atoms with Crippen molar-refractivity contribution < 1.29 is 18.7 Å². The van der Waals surface area contributed by atoms with Crippen LogP contribution >= 0.6 is 0 Å². The molecule has 7 heteroatoms. The summed E-state index contributed by atoms with van der Waals surface area (Å²) in [5.74, 6) is -0.179. The highest BCUT2D eigenvalue weighted by Gasteiger charge is 2.13. The number of nitrogens with zero attached hydrogens (tertiary/aromatic N) is 1. The third kappa shape index (κ3) is 3.50. The van der Waals surface area contributed by atoms with Gasteiger partial charge < -0.3 is 9.15 Å². The van der Waals surface area contributed by atoms with Crippen molar-refractivity contribution in [2.45, 2.75) is 6.42 Å². The van der Waals surface area contributed by atoms with Crippen LogP contribution in [0.4, 0.5) is 0 Å². The highest BCUT2D eigenvalue weighted by molar-refractivity contribution is 5.96. The largest absolute Gasteiger partial charge is 0.497 e. The number of hydrazine groups is 1. The van der Waals surface area contributed by atoms with Crippen LogP contribution in [0.5, 0.6) is 5.75 Å². The number of hydrogen-bond acceptors (Lipinski definition) is 5. The summed E-state index contributed by atoms with van der Waals surface area (Å²) in [6.45, 7) is 0. The second kappa shape index (κ2) is 7.40. The van der Waals surface area contributed by atoms with Crippen LogP contribution in [0.3, 0.4) is 0 Å². The van der Waals surface area contributed by atoms with Crippen molar-refractivity contribution in [3.05, 3.63) is 72.1 Å². The van der Waals surface area contributed by atoms with E-state index >= 15 is 0 Å². The van der Waals surface area contributed by atoms with Crippen LogP contribution < -0.4 is 15.6 Å². The van der Waals surface area contributed by atoms with E-state index in [-0.39, 0.29) is 18.0 Å². The van der Waals surface area contributed by atoms with Crippen LogP contribution in [0.1, 0.15) is 16.1 Å². The van der Waals surface area contributed by atoms with E-state index in [1.165, 1.54) is 6.26 Å². The van der Waals surface area contributed by atoms with Crippen molar-refractivity contribution in [1.29, 1.82) is 0 Å². The molecule has 0 unspecified atom stereocenters. The fourth-order valence-corrected chi connectivity index (χ4v) is 2.93. The Labute approximate surface area is 160 Å². The summed E-state index contributed by atoms with van der Waals surface area (Å²) in [4.78, 5) is 28.8. The molecule has 0 aliphatic carbocycles. The Morgan fingerprint density at radius 2 is 1.93 bits per heavy atom. The van der Waals surface area contributed by atoms with Crippen molar-refractivity contribution in [2.24, 2.45) is 0 Å². The summed E-state index contributed by atoms with van der Waals surface area (Å²) in [6, 6.07) is 16.3. The molecule has 2 amide bonds. The SMILES string of the molecule is COc1ccc2c(CC(=O)NNC(=O)c3ccc4ccccc4n3)coc2c1. The van der Waals surface area contributed by atoms with E-state index in [2.05, 4.69) is 15.8 Å². The zero-order chi connectivity index (χ0) is 19.5. The summed E-state index contributed by atoms with van der Waals surface area (Å²) in [5.41, 5.74) is 7.08. The Morgan fingerprint density at radius 1 is 1.07 bits per heavy atom. The van der Waals surface area contributed by atoms with Gasteiger partial charge in [-0.2, -0.15) is 0 Å². The van der Waals surface area contributed by atoms with Crippen LogP contribution in [-0.2, 0) is 11.2 Å². The van der Waals surface area contributed by atoms with Crippen molar-refractivity contribution in [2.75, 3.05) is 7.11 Å². The smallest absolute Gasteiger partial charge is 0.288 e. The molecule has 0 aliphatic rings. The number of ether oxygens (including phenoxy) is 1. The first kappa shape index (κ1) is 17.5. The molecule has 2 aromatic carbocycles. The Hall–Kier alpha value is -3.87. The van der Waals surface area contributed by atoms with Crippen LogP contribution in [0.2, 0.25) is 0 Å². The van der Waals surface area contributed by atoms with Gasteiger partial charge >= 0.3 is 0 Å². The highest BCUT2D eigenvalue weighted by Crippen LogP contribution is 2.25. The standard InChI is InChI=1S/C21H17N3O4/c1-27-15-7-8-16-14(12-28-19(16)11-15)10-20(25)23-24-21(26)18-9-6-13-4-2-3-5-17(13)22-18/h2-9,11-12H,10H2,1H3,(H,23,25)(H,24,26). The number of aromatic nitrogens is 1. The van der Waals surface area contributed by atoms with Crippen LogP contribution in [0.25, 0.3) is 21.9 Å². The van der Waals surface area contributed by atoms with Crippen molar-refractivity contribution in [3.63, 3.8) is 0 Å². The maximum absolute atomic E-state index is 12.3. The van der Waals surface area contributed by atoms with Gasteiger partial charge in [-0.25, -0.2) is 4.98 Å². The monoisotopic (exact) mass is 375 g/mol. The lowest BCUT2D eigenvalue weighted by Crippen LogP contribution is -2.42. The molecular formula is C21H17N3O4. The molecule has 0 fully saturated rings. The Balaban J connectivity index is 1.40. The summed E-state index contributed by atoms with van der Waals surface area (Å²) in [6.07, 6.45) is 1.58. The Kier molecular flexibility index (Phi) is 4.63. The molecule has 0 aliphatic heterocycles. The maximum Gasteiger partial charge on any atom is 0.288 e. The van der Waals surface area contributed by atoms with E-state index in [1.54, 1.807) is 25.3 Å². The average molecular weight is 375 g/mol. The van der Waals surface area contributed by atoms with Crippen LogP contribution in [-0.4, -0.2) is 23.9 Å². The van der Waals surface area contributed by atoms with E-state index in [0.717, 1.165) is 10.8 Å². The molecule has 2 N–H and O–H groups in total. The van der Waals surface area contributed by atoms with Gasteiger partial charge in [-0.15, -0.1) is 0 Å². The first-order chi connectivity index (χ1) is 13.6. The minimum atomic E-state index is -0.485. The second-order valence-corrected chi connectivity index (χ2v) is 6.19. The Bertz CT molecular complexity index is 1180. The number of methoxy groups -OCH3 is 1.